The lowest BCUT2D eigenvalue weighted by molar-refractivity contribution is 0.259. The number of rotatable bonds is 9. The van der Waals surface area contributed by atoms with Crippen LogP contribution in [0.15, 0.2) is 66.7 Å². The van der Waals surface area contributed by atoms with E-state index in [0.717, 1.165) is 24.7 Å². The molecule has 2 saturated heterocycles. The molecule has 0 spiro atoms. The number of ether oxygens (including phenoxy) is 4. The summed E-state index contributed by atoms with van der Waals surface area (Å²) in [5, 5.41) is 0. The molecule has 0 bridgehead atoms. The van der Waals surface area contributed by atoms with Gasteiger partial charge in [-0.2, -0.15) is 0 Å². The van der Waals surface area contributed by atoms with Crippen LogP contribution in [0, 0.1) is 0 Å². The number of hydrogen-bond acceptors (Lipinski definition) is 4. The van der Waals surface area contributed by atoms with E-state index in [-0.39, 0.29) is 12.2 Å². The predicted molar refractivity (Wildman–Crippen MR) is 143 cm³/mol. The van der Waals surface area contributed by atoms with Gasteiger partial charge in [0.25, 0.3) is 0 Å². The SMILES string of the molecule is c1cc(-c2ccc(-c3ccc(OCC4CO4)cc3)cc2)c(OCC2CO2)c(C2CCCCCCC2)c1. The lowest BCUT2D eigenvalue weighted by Crippen LogP contribution is -2.10. The highest BCUT2D eigenvalue weighted by atomic mass is 16.6. The van der Waals surface area contributed by atoms with Gasteiger partial charge in [0.15, 0.2) is 0 Å². The van der Waals surface area contributed by atoms with Crippen molar-refractivity contribution in [2.75, 3.05) is 26.4 Å². The van der Waals surface area contributed by atoms with E-state index in [1.165, 1.54) is 72.8 Å². The van der Waals surface area contributed by atoms with Gasteiger partial charge in [-0.15, -0.1) is 0 Å². The van der Waals surface area contributed by atoms with Gasteiger partial charge in [-0.3, -0.25) is 0 Å². The van der Waals surface area contributed by atoms with Gasteiger partial charge < -0.3 is 18.9 Å². The fourth-order valence-corrected chi connectivity index (χ4v) is 5.31. The Morgan fingerprint density at radius 2 is 1.17 bits per heavy atom. The smallest absolute Gasteiger partial charge is 0.130 e. The van der Waals surface area contributed by atoms with E-state index < -0.39 is 0 Å². The maximum Gasteiger partial charge on any atom is 0.130 e. The van der Waals surface area contributed by atoms with Gasteiger partial charge in [-0.25, -0.2) is 0 Å². The Labute approximate surface area is 214 Å². The maximum absolute atomic E-state index is 6.50. The molecule has 0 N–H and O–H groups in total. The lowest BCUT2D eigenvalue weighted by Gasteiger charge is -2.24. The molecule has 4 heteroatoms. The summed E-state index contributed by atoms with van der Waals surface area (Å²) in [7, 11) is 0. The Hall–Kier alpha value is -2.82. The largest absolute Gasteiger partial charge is 0.491 e. The van der Waals surface area contributed by atoms with Crippen LogP contribution in [-0.4, -0.2) is 38.6 Å². The first-order valence-electron chi connectivity index (χ1n) is 13.7. The molecule has 0 radical (unpaired) electrons. The third-order valence-electron chi connectivity index (χ3n) is 7.63. The van der Waals surface area contributed by atoms with Gasteiger partial charge in [-0.05, 0) is 53.1 Å². The van der Waals surface area contributed by atoms with Crippen LogP contribution in [-0.2, 0) is 9.47 Å². The van der Waals surface area contributed by atoms with Gasteiger partial charge >= 0.3 is 0 Å². The van der Waals surface area contributed by atoms with Crippen LogP contribution in [0.25, 0.3) is 22.3 Å². The standard InChI is InChI=1S/C32H36O4/c1-2-4-7-25(8-5-3-1)30-9-6-10-31(32(30)36-22-29-21-35-29)26-13-11-23(12-14-26)24-15-17-27(18-16-24)33-19-28-20-34-28/h6,9-18,25,28-29H,1-5,7-8,19-22H2. The third-order valence-corrected chi connectivity index (χ3v) is 7.63. The molecular weight excluding hydrogens is 448 g/mol. The van der Waals surface area contributed by atoms with Gasteiger partial charge in [-0.1, -0.05) is 86.7 Å². The topological polar surface area (TPSA) is 43.5 Å². The summed E-state index contributed by atoms with van der Waals surface area (Å²) < 4.78 is 23.0. The first-order chi connectivity index (χ1) is 17.8. The molecule has 36 heavy (non-hydrogen) atoms. The Kier molecular flexibility index (Phi) is 7.24. The molecule has 0 aromatic heterocycles. The van der Waals surface area contributed by atoms with Crippen LogP contribution in [0.3, 0.4) is 0 Å². The Morgan fingerprint density at radius 1 is 0.611 bits per heavy atom. The number of para-hydroxylation sites is 1. The van der Waals surface area contributed by atoms with Crippen molar-refractivity contribution in [3.05, 3.63) is 72.3 Å². The summed E-state index contributed by atoms with van der Waals surface area (Å²) in [6.07, 6.45) is 9.74. The van der Waals surface area contributed by atoms with Crippen LogP contribution < -0.4 is 9.47 Å². The summed E-state index contributed by atoms with van der Waals surface area (Å²) in [5.74, 6) is 2.53. The summed E-state index contributed by atoms with van der Waals surface area (Å²) in [6.45, 7) is 2.89. The first kappa shape index (κ1) is 23.6. The molecule has 2 heterocycles. The second-order valence-corrected chi connectivity index (χ2v) is 10.4. The molecule has 2 aliphatic heterocycles. The van der Waals surface area contributed by atoms with Crippen LogP contribution in [0.1, 0.15) is 56.4 Å². The molecule has 0 amide bonds. The minimum atomic E-state index is 0.245. The zero-order valence-corrected chi connectivity index (χ0v) is 21.0. The Balaban J connectivity index is 1.23. The molecular formula is C32H36O4. The van der Waals surface area contributed by atoms with Gasteiger partial charge in [0.1, 0.15) is 36.9 Å². The fraction of sp³-hybridized carbons (Fsp3) is 0.438. The molecule has 1 saturated carbocycles. The summed E-state index contributed by atoms with van der Waals surface area (Å²) >= 11 is 0. The monoisotopic (exact) mass is 484 g/mol. The van der Waals surface area contributed by atoms with Gasteiger partial charge in [0.05, 0.1) is 13.2 Å². The molecule has 6 rings (SSSR count). The van der Waals surface area contributed by atoms with Gasteiger partial charge in [0.2, 0.25) is 0 Å². The molecule has 2 unspecified atom stereocenters. The summed E-state index contributed by atoms with van der Waals surface area (Å²) in [5.41, 5.74) is 6.14. The number of epoxide rings is 2. The highest BCUT2D eigenvalue weighted by Gasteiger charge is 2.26. The Bertz CT molecular complexity index is 1120. The average Bonchev–Trinajstić information content (AvgIpc) is 3.82. The van der Waals surface area contributed by atoms with Crippen LogP contribution >= 0.6 is 0 Å². The Morgan fingerprint density at radius 3 is 1.81 bits per heavy atom. The fourth-order valence-electron chi connectivity index (χ4n) is 5.31. The molecule has 188 valence electrons. The van der Waals surface area contributed by atoms with Crippen molar-refractivity contribution in [1.29, 1.82) is 0 Å². The van der Waals surface area contributed by atoms with Crippen molar-refractivity contribution in [2.45, 2.75) is 63.1 Å². The van der Waals surface area contributed by atoms with E-state index in [2.05, 4.69) is 54.6 Å². The minimum absolute atomic E-state index is 0.245. The predicted octanol–water partition coefficient (Wildman–Crippen LogP) is 7.40. The summed E-state index contributed by atoms with van der Waals surface area (Å²) in [4.78, 5) is 0. The van der Waals surface area contributed by atoms with Crippen LogP contribution in [0.5, 0.6) is 11.5 Å². The lowest BCUT2D eigenvalue weighted by atomic mass is 9.84. The van der Waals surface area contributed by atoms with Gasteiger partial charge in [0, 0.05) is 5.56 Å². The maximum atomic E-state index is 6.50. The van der Waals surface area contributed by atoms with Crippen molar-refractivity contribution < 1.29 is 18.9 Å². The normalized spacial score (nSPS) is 21.9. The molecule has 3 aromatic carbocycles. The molecule has 3 fully saturated rings. The molecule has 1 aliphatic carbocycles. The van der Waals surface area contributed by atoms with E-state index in [9.17, 15) is 0 Å². The second kappa shape index (κ2) is 11.1. The zero-order valence-electron chi connectivity index (χ0n) is 21.0. The van der Waals surface area contributed by atoms with Crippen molar-refractivity contribution in [3.63, 3.8) is 0 Å². The average molecular weight is 485 g/mol. The second-order valence-electron chi connectivity index (χ2n) is 10.4. The zero-order chi connectivity index (χ0) is 24.2. The minimum Gasteiger partial charge on any atom is -0.491 e. The van der Waals surface area contributed by atoms with Crippen molar-refractivity contribution in [2.24, 2.45) is 0 Å². The quantitative estimate of drug-likeness (QED) is 0.297. The molecule has 3 aliphatic rings. The van der Waals surface area contributed by atoms with Crippen LogP contribution in [0.4, 0.5) is 0 Å². The first-order valence-corrected chi connectivity index (χ1v) is 13.7. The molecule has 2 atom stereocenters. The number of hydrogen-bond donors (Lipinski definition) is 0. The highest BCUT2D eigenvalue weighted by Crippen LogP contribution is 2.42. The third kappa shape index (κ3) is 5.93. The van der Waals surface area contributed by atoms with E-state index in [0.29, 0.717) is 19.1 Å². The van der Waals surface area contributed by atoms with E-state index in [1.807, 2.05) is 12.1 Å². The van der Waals surface area contributed by atoms with Crippen molar-refractivity contribution >= 4 is 0 Å². The van der Waals surface area contributed by atoms with E-state index >= 15 is 0 Å². The molecule has 4 nitrogen and oxygen atoms in total. The summed E-state index contributed by atoms with van der Waals surface area (Å²) in [6, 6.07) is 23.9. The van der Waals surface area contributed by atoms with Crippen molar-refractivity contribution in [1.82, 2.24) is 0 Å². The highest BCUT2D eigenvalue weighted by molar-refractivity contribution is 5.75. The molecule has 3 aromatic rings. The van der Waals surface area contributed by atoms with Crippen LogP contribution in [0.2, 0.25) is 0 Å². The van der Waals surface area contributed by atoms with E-state index in [1.54, 1.807) is 0 Å². The number of benzene rings is 3. The van der Waals surface area contributed by atoms with Crippen molar-refractivity contribution in [3.8, 4) is 33.8 Å². The van der Waals surface area contributed by atoms with E-state index in [4.69, 9.17) is 18.9 Å².